The maximum Gasteiger partial charge on any atom is 0.235 e. The van der Waals surface area contributed by atoms with Crippen LogP contribution in [0.4, 0.5) is 0 Å². The van der Waals surface area contributed by atoms with Crippen molar-refractivity contribution in [2.24, 2.45) is 9.98 Å². The molecule has 110 valence electrons. The summed E-state index contributed by atoms with van der Waals surface area (Å²) in [5.74, 6) is 0. The molecule has 0 spiro atoms. The zero-order chi connectivity index (χ0) is 14.4. The van der Waals surface area contributed by atoms with E-state index >= 15 is 0 Å². The van der Waals surface area contributed by atoms with Crippen molar-refractivity contribution in [1.29, 1.82) is 0 Å². The largest absolute Gasteiger partial charge is 0.300 e. The minimum atomic E-state index is 0.190. The summed E-state index contributed by atoms with van der Waals surface area (Å²) in [7, 11) is 2.21. The van der Waals surface area contributed by atoms with E-state index in [9.17, 15) is 9.59 Å². The lowest BCUT2D eigenvalue weighted by atomic mass is 9.86. The summed E-state index contributed by atoms with van der Waals surface area (Å²) >= 11 is 0. The molecule has 0 aromatic heterocycles. The van der Waals surface area contributed by atoms with Crippen LogP contribution in [0.3, 0.4) is 0 Å². The Morgan fingerprint density at radius 3 is 1.40 bits per heavy atom. The Kier molecular flexibility index (Phi) is 5.66. The first-order valence-corrected chi connectivity index (χ1v) is 7.60. The molecule has 0 aliphatic heterocycles. The van der Waals surface area contributed by atoms with Crippen molar-refractivity contribution in [3.05, 3.63) is 0 Å². The van der Waals surface area contributed by atoms with Crippen molar-refractivity contribution in [2.75, 3.05) is 7.05 Å². The standard InChI is InChI=1S/C15H23N3O2/c1-18(14-6-2-12(3-7-14)16-10-19)15-8-4-13(5-9-15)17-11-20/h12-15H,2-9H2,1H3. The van der Waals surface area contributed by atoms with Gasteiger partial charge in [-0.15, -0.1) is 0 Å². The fourth-order valence-electron chi connectivity index (χ4n) is 3.64. The minimum Gasteiger partial charge on any atom is -0.300 e. The molecule has 20 heavy (non-hydrogen) atoms. The van der Waals surface area contributed by atoms with Gasteiger partial charge in [0.05, 0.1) is 12.1 Å². The van der Waals surface area contributed by atoms with Crippen LogP contribution < -0.4 is 0 Å². The van der Waals surface area contributed by atoms with E-state index in [0.717, 1.165) is 51.4 Å². The molecule has 2 fully saturated rings. The zero-order valence-electron chi connectivity index (χ0n) is 12.1. The zero-order valence-corrected chi connectivity index (χ0v) is 12.1. The molecule has 5 nitrogen and oxygen atoms in total. The molecule has 0 unspecified atom stereocenters. The molecule has 2 aliphatic rings. The third-order valence-corrected chi connectivity index (χ3v) is 4.95. The van der Waals surface area contributed by atoms with Crippen LogP contribution in [0.25, 0.3) is 0 Å². The molecule has 5 heteroatoms. The normalized spacial score (nSPS) is 34.1. The molecule has 2 aliphatic carbocycles. The summed E-state index contributed by atoms with van der Waals surface area (Å²) in [5, 5.41) is 0. The van der Waals surface area contributed by atoms with Gasteiger partial charge < -0.3 is 4.90 Å². The van der Waals surface area contributed by atoms with Gasteiger partial charge in [-0.2, -0.15) is 0 Å². The van der Waals surface area contributed by atoms with Gasteiger partial charge in [0.25, 0.3) is 0 Å². The Balaban J connectivity index is 1.79. The Hall–Kier alpha value is -1.28. The first kappa shape index (κ1) is 15.1. The Morgan fingerprint density at radius 2 is 1.10 bits per heavy atom. The SMILES string of the molecule is CN(C1CCC(N=C=O)CC1)C1CCC(N=C=O)CC1. The quantitative estimate of drug-likeness (QED) is 0.584. The van der Waals surface area contributed by atoms with E-state index < -0.39 is 0 Å². The second-order valence-corrected chi connectivity index (χ2v) is 6.03. The summed E-state index contributed by atoms with van der Waals surface area (Å²) < 4.78 is 0. The number of carbonyl (C=O) groups excluding carboxylic acids is 2. The molecule has 2 rings (SSSR count). The highest BCUT2D eigenvalue weighted by atomic mass is 16.1. The predicted octanol–water partition coefficient (Wildman–Crippen LogP) is 2.21. The van der Waals surface area contributed by atoms with E-state index in [0.29, 0.717) is 12.1 Å². The van der Waals surface area contributed by atoms with Gasteiger partial charge in [0.1, 0.15) is 0 Å². The lowest BCUT2D eigenvalue weighted by molar-refractivity contribution is 0.103. The van der Waals surface area contributed by atoms with Crippen LogP contribution in [-0.2, 0) is 9.59 Å². The molecular formula is C15H23N3O2. The molecule has 2 saturated carbocycles. The second kappa shape index (κ2) is 7.49. The van der Waals surface area contributed by atoms with Gasteiger partial charge in [0, 0.05) is 12.1 Å². The molecule has 0 bridgehead atoms. The second-order valence-electron chi connectivity index (χ2n) is 6.03. The van der Waals surface area contributed by atoms with Crippen molar-refractivity contribution in [3.63, 3.8) is 0 Å². The highest BCUT2D eigenvalue weighted by molar-refractivity contribution is 5.33. The van der Waals surface area contributed by atoms with Gasteiger partial charge >= 0.3 is 0 Å². The van der Waals surface area contributed by atoms with Crippen molar-refractivity contribution in [2.45, 2.75) is 75.5 Å². The van der Waals surface area contributed by atoms with Crippen LogP contribution in [0.2, 0.25) is 0 Å². The van der Waals surface area contributed by atoms with Crippen LogP contribution in [0.5, 0.6) is 0 Å². The summed E-state index contributed by atoms with van der Waals surface area (Å²) in [6.07, 6.45) is 11.8. The fourth-order valence-corrected chi connectivity index (χ4v) is 3.64. The van der Waals surface area contributed by atoms with E-state index in [2.05, 4.69) is 21.9 Å². The topological polar surface area (TPSA) is 62.1 Å². The lowest BCUT2D eigenvalue weighted by Gasteiger charge is -2.40. The fraction of sp³-hybridized carbons (Fsp3) is 0.867. The number of hydrogen-bond acceptors (Lipinski definition) is 5. The van der Waals surface area contributed by atoms with E-state index in [1.807, 2.05) is 0 Å². The molecule has 0 aromatic carbocycles. The minimum absolute atomic E-state index is 0.190. The van der Waals surface area contributed by atoms with Gasteiger partial charge in [-0.25, -0.2) is 19.6 Å². The van der Waals surface area contributed by atoms with Crippen molar-refractivity contribution < 1.29 is 9.59 Å². The summed E-state index contributed by atoms with van der Waals surface area (Å²) in [4.78, 5) is 30.8. The number of rotatable bonds is 4. The smallest absolute Gasteiger partial charge is 0.235 e. The Labute approximate surface area is 120 Å². The van der Waals surface area contributed by atoms with Crippen LogP contribution in [0, 0.1) is 0 Å². The van der Waals surface area contributed by atoms with Gasteiger partial charge in [-0.05, 0) is 58.4 Å². The lowest BCUT2D eigenvalue weighted by Crippen LogP contribution is -2.44. The average molecular weight is 277 g/mol. The van der Waals surface area contributed by atoms with Crippen LogP contribution >= 0.6 is 0 Å². The third kappa shape index (κ3) is 3.86. The summed E-state index contributed by atoms with van der Waals surface area (Å²) in [6, 6.07) is 1.58. The third-order valence-electron chi connectivity index (χ3n) is 4.95. The monoisotopic (exact) mass is 277 g/mol. The van der Waals surface area contributed by atoms with Gasteiger partial charge in [0.2, 0.25) is 12.2 Å². The molecule has 0 aromatic rings. The van der Waals surface area contributed by atoms with E-state index in [1.54, 1.807) is 12.2 Å². The summed E-state index contributed by atoms with van der Waals surface area (Å²) in [5.41, 5.74) is 0. The maximum atomic E-state index is 10.3. The van der Waals surface area contributed by atoms with Gasteiger partial charge in [-0.1, -0.05) is 0 Å². The summed E-state index contributed by atoms with van der Waals surface area (Å²) in [6.45, 7) is 0. The molecule has 0 saturated heterocycles. The van der Waals surface area contributed by atoms with E-state index in [4.69, 9.17) is 0 Å². The van der Waals surface area contributed by atoms with Crippen LogP contribution in [0.15, 0.2) is 9.98 Å². The molecule has 0 atom stereocenters. The molecule has 0 heterocycles. The van der Waals surface area contributed by atoms with Crippen LogP contribution in [-0.4, -0.2) is 48.3 Å². The van der Waals surface area contributed by atoms with Crippen LogP contribution in [0.1, 0.15) is 51.4 Å². The first-order chi connectivity index (χ1) is 9.74. The molecular weight excluding hydrogens is 254 g/mol. The molecule has 0 radical (unpaired) electrons. The number of nitrogens with zero attached hydrogens (tertiary/aromatic N) is 3. The number of isocyanates is 2. The molecule has 0 amide bonds. The van der Waals surface area contributed by atoms with Crippen molar-refractivity contribution in [3.8, 4) is 0 Å². The highest BCUT2D eigenvalue weighted by Crippen LogP contribution is 2.30. The number of hydrogen-bond donors (Lipinski definition) is 0. The van der Waals surface area contributed by atoms with Crippen molar-refractivity contribution >= 4 is 12.2 Å². The van der Waals surface area contributed by atoms with Crippen molar-refractivity contribution in [1.82, 2.24) is 4.90 Å². The van der Waals surface area contributed by atoms with Gasteiger partial charge in [-0.3, -0.25) is 0 Å². The highest BCUT2D eigenvalue weighted by Gasteiger charge is 2.30. The maximum absolute atomic E-state index is 10.3. The van der Waals surface area contributed by atoms with E-state index in [-0.39, 0.29) is 12.1 Å². The Morgan fingerprint density at radius 1 is 0.750 bits per heavy atom. The van der Waals surface area contributed by atoms with E-state index in [1.165, 1.54) is 0 Å². The van der Waals surface area contributed by atoms with Gasteiger partial charge in [0.15, 0.2) is 0 Å². The Bertz CT molecular complexity index is 359. The number of aliphatic imine (C=N–C) groups is 2. The predicted molar refractivity (Wildman–Crippen MR) is 76.1 cm³/mol. The molecule has 0 N–H and O–H groups in total. The first-order valence-electron chi connectivity index (χ1n) is 7.60. The average Bonchev–Trinajstić information content (AvgIpc) is 2.49.